The van der Waals surface area contributed by atoms with E-state index < -0.39 is 0 Å². The molecule has 0 radical (unpaired) electrons. The number of fused-ring (bicyclic) bond motifs is 1. The Morgan fingerprint density at radius 1 is 1.11 bits per heavy atom. The van der Waals surface area contributed by atoms with E-state index in [9.17, 15) is 4.39 Å². The normalized spacial score (nSPS) is 14.6. The fraction of sp³-hybridized carbons (Fsp3) is 0.318. The van der Waals surface area contributed by atoms with Crippen LogP contribution >= 0.6 is 0 Å². The van der Waals surface area contributed by atoms with Crippen LogP contribution < -0.4 is 10.6 Å². The molecular formula is C22H23FN4. The lowest BCUT2D eigenvalue weighted by Gasteiger charge is -2.24. The topological polar surface area (TPSA) is 52.7 Å². The zero-order valence-corrected chi connectivity index (χ0v) is 15.2. The smallest absolute Gasteiger partial charge is 0.139 e. The molecule has 1 aliphatic rings. The largest absolute Gasteiger partial charge is 0.381 e. The molecule has 0 unspecified atom stereocenters. The van der Waals surface area contributed by atoms with Crippen LogP contribution in [0.25, 0.3) is 11.0 Å². The number of aromatic nitrogens is 2. The van der Waals surface area contributed by atoms with E-state index in [0.29, 0.717) is 12.6 Å². The van der Waals surface area contributed by atoms with Gasteiger partial charge in [-0.3, -0.25) is 0 Å². The lowest BCUT2D eigenvalue weighted by atomic mass is 9.95. The van der Waals surface area contributed by atoms with Gasteiger partial charge in [0.05, 0.1) is 17.8 Å². The maximum absolute atomic E-state index is 13.0. The van der Waals surface area contributed by atoms with E-state index in [1.54, 1.807) is 12.1 Å². The van der Waals surface area contributed by atoms with Crippen molar-refractivity contribution in [3.8, 4) is 11.8 Å². The highest BCUT2D eigenvalue weighted by Gasteiger charge is 2.16. The molecular weight excluding hydrogens is 339 g/mol. The van der Waals surface area contributed by atoms with Crippen molar-refractivity contribution in [1.29, 1.82) is 0 Å². The molecule has 1 fully saturated rings. The van der Waals surface area contributed by atoms with Crippen molar-refractivity contribution in [1.82, 2.24) is 9.97 Å². The Balaban J connectivity index is 1.52. The predicted octanol–water partition coefficient (Wildman–Crippen LogP) is 4.91. The molecule has 3 N–H and O–H groups in total. The summed E-state index contributed by atoms with van der Waals surface area (Å²) in [7, 11) is 0. The molecule has 4 rings (SSSR count). The second-order valence-corrected chi connectivity index (χ2v) is 6.93. The molecule has 1 saturated carbocycles. The Kier molecular flexibility index (Phi) is 5.24. The summed E-state index contributed by atoms with van der Waals surface area (Å²) in [6, 6.07) is 8.84. The SMILES string of the molecule is Fc1ccc(NCC#Cc2cnc3[nH]ccc3c2NC2CCCCC2)cc1. The third-order valence-corrected chi connectivity index (χ3v) is 4.99. The molecule has 2 heterocycles. The summed E-state index contributed by atoms with van der Waals surface area (Å²) in [5.74, 6) is 6.16. The van der Waals surface area contributed by atoms with E-state index in [0.717, 1.165) is 28.0 Å². The van der Waals surface area contributed by atoms with Gasteiger partial charge in [0, 0.05) is 29.5 Å². The van der Waals surface area contributed by atoms with E-state index in [1.165, 1.54) is 44.2 Å². The molecule has 5 heteroatoms. The van der Waals surface area contributed by atoms with Crippen molar-refractivity contribution in [2.75, 3.05) is 17.2 Å². The van der Waals surface area contributed by atoms with E-state index in [4.69, 9.17) is 0 Å². The van der Waals surface area contributed by atoms with Crippen molar-refractivity contribution in [2.24, 2.45) is 0 Å². The van der Waals surface area contributed by atoms with Crippen LogP contribution in [0.2, 0.25) is 0 Å². The Bertz CT molecular complexity index is 959. The average molecular weight is 362 g/mol. The number of H-pyrrole nitrogens is 1. The monoisotopic (exact) mass is 362 g/mol. The van der Waals surface area contributed by atoms with Crippen molar-refractivity contribution in [3.05, 3.63) is 54.1 Å². The Labute approximate surface area is 158 Å². The van der Waals surface area contributed by atoms with Crippen LogP contribution in [0.5, 0.6) is 0 Å². The first-order valence-corrected chi connectivity index (χ1v) is 9.50. The number of hydrogen-bond acceptors (Lipinski definition) is 3. The van der Waals surface area contributed by atoms with Gasteiger partial charge in [0.15, 0.2) is 0 Å². The number of rotatable bonds is 4. The molecule has 4 nitrogen and oxygen atoms in total. The van der Waals surface area contributed by atoms with Crippen LogP contribution in [-0.2, 0) is 0 Å². The van der Waals surface area contributed by atoms with Gasteiger partial charge in [0.25, 0.3) is 0 Å². The minimum atomic E-state index is -0.240. The second-order valence-electron chi connectivity index (χ2n) is 6.93. The summed E-state index contributed by atoms with van der Waals surface area (Å²) in [6.45, 7) is 0.486. The van der Waals surface area contributed by atoms with Gasteiger partial charge in [-0.25, -0.2) is 9.37 Å². The summed E-state index contributed by atoms with van der Waals surface area (Å²) in [5, 5.41) is 7.99. The Morgan fingerprint density at radius 3 is 2.74 bits per heavy atom. The zero-order valence-electron chi connectivity index (χ0n) is 15.2. The molecule has 1 aromatic carbocycles. The maximum atomic E-state index is 13.0. The average Bonchev–Trinajstić information content (AvgIpc) is 3.18. The molecule has 27 heavy (non-hydrogen) atoms. The Morgan fingerprint density at radius 2 is 1.93 bits per heavy atom. The molecule has 2 aromatic heterocycles. The fourth-order valence-electron chi connectivity index (χ4n) is 3.56. The van der Waals surface area contributed by atoms with E-state index >= 15 is 0 Å². The highest BCUT2D eigenvalue weighted by atomic mass is 19.1. The molecule has 3 aromatic rings. The standard InChI is InChI=1S/C22H23FN4/c23-17-8-10-18(11-9-17)24-13-4-5-16-15-26-22-20(12-14-25-22)21(16)27-19-6-2-1-3-7-19/h8-12,14-15,19,24H,1-3,6-7,13H2,(H2,25,26,27). The summed E-state index contributed by atoms with van der Waals surface area (Å²) in [6.07, 6.45) is 10.0. The molecule has 0 spiro atoms. The molecule has 1 aliphatic carbocycles. The molecule has 0 aliphatic heterocycles. The second kappa shape index (κ2) is 8.13. The van der Waals surface area contributed by atoms with Crippen molar-refractivity contribution in [2.45, 2.75) is 38.1 Å². The van der Waals surface area contributed by atoms with E-state index in [-0.39, 0.29) is 5.82 Å². The number of halogens is 1. The van der Waals surface area contributed by atoms with Gasteiger partial charge in [-0.15, -0.1) is 0 Å². The van der Waals surface area contributed by atoms with Gasteiger partial charge in [0.2, 0.25) is 0 Å². The number of nitrogens with zero attached hydrogens (tertiary/aromatic N) is 1. The minimum absolute atomic E-state index is 0.240. The zero-order chi connectivity index (χ0) is 18.5. The third-order valence-electron chi connectivity index (χ3n) is 4.99. The van der Waals surface area contributed by atoms with Crippen molar-refractivity contribution < 1.29 is 4.39 Å². The lowest BCUT2D eigenvalue weighted by Crippen LogP contribution is -2.23. The lowest BCUT2D eigenvalue weighted by molar-refractivity contribution is 0.463. The Hall–Kier alpha value is -3.00. The van der Waals surface area contributed by atoms with Gasteiger partial charge >= 0.3 is 0 Å². The van der Waals surface area contributed by atoms with Crippen LogP contribution in [0.3, 0.4) is 0 Å². The van der Waals surface area contributed by atoms with E-state index in [2.05, 4.69) is 38.5 Å². The van der Waals surface area contributed by atoms with Crippen LogP contribution in [0, 0.1) is 17.7 Å². The quantitative estimate of drug-likeness (QED) is 0.578. The van der Waals surface area contributed by atoms with Crippen LogP contribution in [-0.4, -0.2) is 22.6 Å². The number of pyridine rings is 1. The first-order valence-electron chi connectivity index (χ1n) is 9.50. The summed E-state index contributed by atoms with van der Waals surface area (Å²) in [4.78, 5) is 7.66. The van der Waals surface area contributed by atoms with Gasteiger partial charge < -0.3 is 15.6 Å². The summed E-state index contributed by atoms with van der Waals surface area (Å²) >= 11 is 0. The van der Waals surface area contributed by atoms with Gasteiger partial charge in [-0.1, -0.05) is 31.1 Å². The van der Waals surface area contributed by atoms with Crippen molar-refractivity contribution >= 4 is 22.4 Å². The van der Waals surface area contributed by atoms with Crippen LogP contribution in [0.1, 0.15) is 37.7 Å². The maximum Gasteiger partial charge on any atom is 0.139 e. The van der Waals surface area contributed by atoms with Gasteiger partial charge in [-0.2, -0.15) is 0 Å². The molecule has 0 amide bonds. The van der Waals surface area contributed by atoms with Gasteiger partial charge in [-0.05, 0) is 43.2 Å². The molecule has 0 atom stereocenters. The van der Waals surface area contributed by atoms with Gasteiger partial charge in [0.1, 0.15) is 11.5 Å². The number of hydrogen-bond donors (Lipinski definition) is 3. The first kappa shape index (κ1) is 17.4. The molecule has 0 bridgehead atoms. The first-order chi connectivity index (χ1) is 13.3. The van der Waals surface area contributed by atoms with Crippen LogP contribution in [0.15, 0.2) is 42.7 Å². The molecule has 0 saturated heterocycles. The summed E-state index contributed by atoms with van der Waals surface area (Å²) in [5.41, 5.74) is 3.71. The summed E-state index contributed by atoms with van der Waals surface area (Å²) < 4.78 is 13.0. The predicted molar refractivity (Wildman–Crippen MR) is 108 cm³/mol. The van der Waals surface area contributed by atoms with Crippen LogP contribution in [0.4, 0.5) is 15.8 Å². The highest BCUT2D eigenvalue weighted by molar-refractivity contribution is 5.92. The van der Waals surface area contributed by atoms with E-state index in [1.807, 2.05) is 12.4 Å². The minimum Gasteiger partial charge on any atom is -0.381 e. The number of nitrogens with one attached hydrogen (secondary N) is 3. The number of aromatic amines is 1. The number of benzene rings is 1. The molecule has 138 valence electrons. The third kappa shape index (κ3) is 4.22. The fourth-order valence-corrected chi connectivity index (χ4v) is 3.56. The highest BCUT2D eigenvalue weighted by Crippen LogP contribution is 2.29. The number of anilines is 2. The van der Waals surface area contributed by atoms with Crippen molar-refractivity contribution in [3.63, 3.8) is 0 Å².